The first-order valence-corrected chi connectivity index (χ1v) is 10.9. The lowest BCUT2D eigenvalue weighted by Gasteiger charge is -2.12. The summed E-state index contributed by atoms with van der Waals surface area (Å²) in [6, 6.07) is 27.9. The summed E-state index contributed by atoms with van der Waals surface area (Å²) in [6.07, 6.45) is 6.15. The van der Waals surface area contributed by atoms with Crippen molar-refractivity contribution in [1.82, 2.24) is 5.32 Å². The highest BCUT2D eigenvalue weighted by Crippen LogP contribution is 2.14. The van der Waals surface area contributed by atoms with Crippen LogP contribution in [0.5, 0.6) is 0 Å². The SMILES string of the molecule is O=C(Nc1ccc(C(=O)/C=C/c2ccco2)cc1)/C(=C/c1ccccc1)NC(=O)c1ccccc1. The number of nitrogens with one attached hydrogen (secondary N) is 2. The van der Waals surface area contributed by atoms with Crippen molar-refractivity contribution in [2.75, 3.05) is 5.32 Å². The largest absolute Gasteiger partial charge is 0.465 e. The Kier molecular flexibility index (Phi) is 7.46. The predicted molar refractivity (Wildman–Crippen MR) is 135 cm³/mol. The summed E-state index contributed by atoms with van der Waals surface area (Å²) in [5, 5.41) is 5.47. The fourth-order valence-corrected chi connectivity index (χ4v) is 3.21. The molecule has 3 aromatic carbocycles. The molecule has 0 radical (unpaired) electrons. The van der Waals surface area contributed by atoms with E-state index >= 15 is 0 Å². The van der Waals surface area contributed by atoms with Gasteiger partial charge in [0, 0.05) is 16.8 Å². The molecule has 2 N–H and O–H groups in total. The van der Waals surface area contributed by atoms with Gasteiger partial charge in [0.15, 0.2) is 5.78 Å². The second-order valence-corrected chi connectivity index (χ2v) is 7.53. The van der Waals surface area contributed by atoms with Gasteiger partial charge < -0.3 is 15.1 Å². The molecule has 172 valence electrons. The second-order valence-electron chi connectivity index (χ2n) is 7.53. The normalized spacial score (nSPS) is 11.3. The predicted octanol–water partition coefficient (Wildman–Crippen LogP) is 5.59. The summed E-state index contributed by atoms with van der Waals surface area (Å²) in [6.45, 7) is 0. The van der Waals surface area contributed by atoms with Gasteiger partial charge in [-0.3, -0.25) is 14.4 Å². The first-order chi connectivity index (χ1) is 17.1. The Morgan fingerprint density at radius 2 is 1.40 bits per heavy atom. The molecule has 35 heavy (non-hydrogen) atoms. The summed E-state index contributed by atoms with van der Waals surface area (Å²) >= 11 is 0. The molecule has 6 nitrogen and oxygen atoms in total. The molecule has 1 aromatic heterocycles. The zero-order valence-electron chi connectivity index (χ0n) is 18.7. The number of furan rings is 1. The van der Waals surface area contributed by atoms with E-state index in [1.807, 2.05) is 36.4 Å². The van der Waals surface area contributed by atoms with Crippen molar-refractivity contribution in [2.24, 2.45) is 0 Å². The van der Waals surface area contributed by atoms with Gasteiger partial charge in [-0.1, -0.05) is 48.5 Å². The average molecular weight is 463 g/mol. The van der Waals surface area contributed by atoms with Gasteiger partial charge in [-0.2, -0.15) is 0 Å². The van der Waals surface area contributed by atoms with Crippen molar-refractivity contribution in [3.05, 3.63) is 138 Å². The Morgan fingerprint density at radius 3 is 2.06 bits per heavy atom. The fraction of sp³-hybridized carbons (Fsp3) is 0. The van der Waals surface area contributed by atoms with E-state index in [4.69, 9.17) is 4.42 Å². The van der Waals surface area contributed by atoms with Crippen LogP contribution in [0, 0.1) is 0 Å². The van der Waals surface area contributed by atoms with E-state index in [0.29, 0.717) is 22.6 Å². The Labute approximate surface area is 202 Å². The highest BCUT2D eigenvalue weighted by atomic mass is 16.3. The number of allylic oxidation sites excluding steroid dienone is 1. The van der Waals surface area contributed by atoms with Gasteiger partial charge in [-0.25, -0.2) is 0 Å². The van der Waals surface area contributed by atoms with E-state index < -0.39 is 11.8 Å². The highest BCUT2D eigenvalue weighted by Gasteiger charge is 2.15. The lowest BCUT2D eigenvalue weighted by molar-refractivity contribution is -0.113. The summed E-state index contributed by atoms with van der Waals surface area (Å²) < 4.78 is 5.18. The molecule has 4 rings (SSSR count). The Morgan fingerprint density at radius 1 is 0.714 bits per heavy atom. The van der Waals surface area contributed by atoms with Crippen LogP contribution in [0.3, 0.4) is 0 Å². The van der Waals surface area contributed by atoms with Crippen LogP contribution in [-0.4, -0.2) is 17.6 Å². The van der Waals surface area contributed by atoms with Crippen molar-refractivity contribution in [3.8, 4) is 0 Å². The van der Waals surface area contributed by atoms with E-state index in [9.17, 15) is 14.4 Å². The molecule has 2 amide bonds. The zero-order chi connectivity index (χ0) is 24.5. The van der Waals surface area contributed by atoms with Crippen LogP contribution in [0.2, 0.25) is 0 Å². The highest BCUT2D eigenvalue weighted by molar-refractivity contribution is 6.11. The minimum atomic E-state index is -0.491. The third-order valence-corrected chi connectivity index (χ3v) is 5.01. The van der Waals surface area contributed by atoms with Gasteiger partial charge in [0.2, 0.25) is 0 Å². The van der Waals surface area contributed by atoms with Crippen molar-refractivity contribution in [2.45, 2.75) is 0 Å². The van der Waals surface area contributed by atoms with E-state index in [-0.39, 0.29) is 11.5 Å². The Hall–Kier alpha value is -4.97. The fourth-order valence-electron chi connectivity index (χ4n) is 3.21. The van der Waals surface area contributed by atoms with Crippen LogP contribution in [0.4, 0.5) is 5.69 Å². The summed E-state index contributed by atoms with van der Waals surface area (Å²) in [5.41, 5.74) is 2.23. The van der Waals surface area contributed by atoms with Gasteiger partial charge in [-0.15, -0.1) is 0 Å². The van der Waals surface area contributed by atoms with Gasteiger partial charge in [-0.05, 0) is 72.3 Å². The molecule has 0 fully saturated rings. The molecule has 6 heteroatoms. The third kappa shape index (κ3) is 6.52. The lowest BCUT2D eigenvalue weighted by Crippen LogP contribution is -2.30. The van der Waals surface area contributed by atoms with Crippen molar-refractivity contribution in [1.29, 1.82) is 0 Å². The smallest absolute Gasteiger partial charge is 0.272 e. The maximum absolute atomic E-state index is 13.1. The summed E-state index contributed by atoms with van der Waals surface area (Å²) in [5.74, 6) is -0.501. The number of carbonyl (C=O) groups is 3. The van der Waals surface area contributed by atoms with Crippen LogP contribution in [-0.2, 0) is 4.79 Å². The van der Waals surface area contributed by atoms with Crippen LogP contribution in [0.15, 0.2) is 120 Å². The minimum absolute atomic E-state index is 0.0894. The van der Waals surface area contributed by atoms with E-state index in [1.54, 1.807) is 72.8 Å². The molecule has 0 unspecified atom stereocenters. The minimum Gasteiger partial charge on any atom is -0.465 e. The molecular formula is C29H22N2O4. The summed E-state index contributed by atoms with van der Waals surface area (Å²) in [4.78, 5) is 38.1. The molecule has 0 bridgehead atoms. The molecule has 0 aliphatic rings. The maximum Gasteiger partial charge on any atom is 0.272 e. The van der Waals surface area contributed by atoms with Crippen LogP contribution >= 0.6 is 0 Å². The molecule has 1 heterocycles. The monoisotopic (exact) mass is 462 g/mol. The number of ketones is 1. The molecule has 0 atom stereocenters. The first kappa shape index (κ1) is 23.2. The van der Waals surface area contributed by atoms with Gasteiger partial charge in [0.05, 0.1) is 6.26 Å². The first-order valence-electron chi connectivity index (χ1n) is 10.9. The topological polar surface area (TPSA) is 88.4 Å². The van der Waals surface area contributed by atoms with Crippen LogP contribution < -0.4 is 10.6 Å². The molecule has 0 saturated carbocycles. The van der Waals surface area contributed by atoms with Crippen molar-refractivity contribution in [3.63, 3.8) is 0 Å². The molecule has 0 aliphatic heterocycles. The van der Waals surface area contributed by atoms with Crippen molar-refractivity contribution < 1.29 is 18.8 Å². The molecule has 0 saturated heterocycles. The van der Waals surface area contributed by atoms with Gasteiger partial charge in [0.25, 0.3) is 11.8 Å². The molecule has 0 aliphatic carbocycles. The average Bonchev–Trinajstić information content (AvgIpc) is 3.42. The van der Waals surface area contributed by atoms with Crippen LogP contribution in [0.1, 0.15) is 32.0 Å². The number of rotatable bonds is 8. The quantitative estimate of drug-likeness (QED) is 0.264. The Balaban J connectivity index is 1.48. The molecular weight excluding hydrogens is 440 g/mol. The number of carbonyl (C=O) groups excluding carboxylic acids is 3. The standard InChI is InChI=1S/C29H22N2O4/c32-27(18-17-25-12-7-19-35-25)22-13-15-24(16-14-22)30-29(34)26(20-21-8-3-1-4-9-21)31-28(33)23-10-5-2-6-11-23/h1-20H,(H,30,34)(H,31,33)/b18-17+,26-20-. The van der Waals surface area contributed by atoms with Crippen molar-refractivity contribution >= 4 is 35.4 Å². The van der Waals surface area contributed by atoms with Gasteiger partial charge >= 0.3 is 0 Å². The second kappa shape index (κ2) is 11.2. The number of amides is 2. The maximum atomic E-state index is 13.1. The lowest BCUT2D eigenvalue weighted by atomic mass is 10.1. The zero-order valence-corrected chi connectivity index (χ0v) is 18.7. The Bertz CT molecular complexity index is 1360. The number of anilines is 1. The molecule has 0 spiro atoms. The number of benzene rings is 3. The van der Waals surface area contributed by atoms with E-state index in [1.165, 1.54) is 12.3 Å². The van der Waals surface area contributed by atoms with E-state index in [0.717, 1.165) is 5.56 Å². The van der Waals surface area contributed by atoms with E-state index in [2.05, 4.69) is 10.6 Å². The third-order valence-electron chi connectivity index (χ3n) is 5.01. The van der Waals surface area contributed by atoms with Gasteiger partial charge in [0.1, 0.15) is 11.5 Å². The molecule has 4 aromatic rings. The van der Waals surface area contributed by atoms with Crippen LogP contribution in [0.25, 0.3) is 12.2 Å². The number of hydrogen-bond acceptors (Lipinski definition) is 4. The number of hydrogen-bond donors (Lipinski definition) is 2. The summed E-state index contributed by atoms with van der Waals surface area (Å²) in [7, 11) is 0.